The van der Waals surface area contributed by atoms with Crippen molar-refractivity contribution < 1.29 is 34.1 Å². The Kier molecular flexibility index (Phi) is 10.2. The number of aromatic hydroxyl groups is 1. The second-order valence-electron chi connectivity index (χ2n) is 6.66. The Labute approximate surface area is 199 Å². The van der Waals surface area contributed by atoms with Gasteiger partial charge < -0.3 is 19.7 Å². The van der Waals surface area contributed by atoms with Gasteiger partial charge in [-0.05, 0) is 72.7 Å². The summed E-state index contributed by atoms with van der Waals surface area (Å²) in [5, 5.41) is 21.4. The number of phenols is 1. The molecule has 0 bridgehead atoms. The zero-order valence-electron chi connectivity index (χ0n) is 17.4. The largest absolute Gasteiger partial charge is 0.508 e. The van der Waals surface area contributed by atoms with Crippen LogP contribution in [0.2, 0.25) is 0 Å². The van der Waals surface area contributed by atoms with E-state index in [0.717, 1.165) is 9.65 Å². The van der Waals surface area contributed by atoms with Gasteiger partial charge in [-0.2, -0.15) is 0 Å². The van der Waals surface area contributed by atoms with Gasteiger partial charge in [0.05, 0.1) is 6.10 Å². The van der Waals surface area contributed by atoms with Crippen LogP contribution in [0.5, 0.6) is 5.75 Å². The van der Waals surface area contributed by atoms with E-state index in [1.54, 1.807) is 49.4 Å². The second kappa shape index (κ2) is 12.8. The average Bonchev–Trinajstić information content (AvgIpc) is 2.76. The molecule has 0 radical (unpaired) electrons. The van der Waals surface area contributed by atoms with Crippen LogP contribution in [0.25, 0.3) is 0 Å². The monoisotopic (exact) mass is 553 g/mol. The predicted molar refractivity (Wildman–Crippen MR) is 125 cm³/mol. The molecule has 170 valence electrons. The number of imide groups is 1. The van der Waals surface area contributed by atoms with Crippen LogP contribution < -0.4 is 5.32 Å². The third kappa shape index (κ3) is 7.97. The van der Waals surface area contributed by atoms with E-state index in [4.69, 9.17) is 14.6 Å². The van der Waals surface area contributed by atoms with Crippen molar-refractivity contribution >= 4 is 40.6 Å². The summed E-state index contributed by atoms with van der Waals surface area (Å²) in [4.78, 5) is 35.6. The number of aliphatic carboxylic acids is 1. The lowest BCUT2D eigenvalue weighted by atomic mass is 9.99. The van der Waals surface area contributed by atoms with Gasteiger partial charge in [-0.1, -0.05) is 24.3 Å². The minimum Gasteiger partial charge on any atom is -0.508 e. The number of benzene rings is 2. The first-order chi connectivity index (χ1) is 15.3. The average molecular weight is 553 g/mol. The first-order valence-corrected chi connectivity index (χ1v) is 11.0. The highest BCUT2D eigenvalue weighted by molar-refractivity contribution is 14.1. The maximum Gasteiger partial charge on any atom is 0.414 e. The van der Waals surface area contributed by atoms with E-state index in [0.29, 0.717) is 30.6 Å². The molecule has 0 spiro atoms. The molecule has 0 aromatic heterocycles. The zero-order chi connectivity index (χ0) is 23.5. The molecule has 2 atom stereocenters. The molecule has 0 saturated heterocycles. The lowest BCUT2D eigenvalue weighted by molar-refractivity contribution is -0.131. The molecule has 0 aliphatic rings. The van der Waals surface area contributed by atoms with Gasteiger partial charge >= 0.3 is 12.1 Å². The van der Waals surface area contributed by atoms with E-state index in [2.05, 4.69) is 27.9 Å². The van der Waals surface area contributed by atoms with E-state index in [1.165, 1.54) is 12.1 Å². The Morgan fingerprint density at radius 1 is 1.16 bits per heavy atom. The minimum absolute atomic E-state index is 0.0941. The van der Waals surface area contributed by atoms with Gasteiger partial charge in [0, 0.05) is 27.4 Å². The molecular weight excluding hydrogens is 529 g/mol. The SMILES string of the molecule is CCO[C@H](CC/C=C/C(=O)O)[C@H](OC(=O)NC(=O)c1ccccc1)c1cc(I)ccc1O. The number of allylic oxidation sites excluding steroid dienone is 1. The summed E-state index contributed by atoms with van der Waals surface area (Å²) in [7, 11) is 0. The molecule has 0 aliphatic heterocycles. The van der Waals surface area contributed by atoms with Crippen LogP contribution in [0.1, 0.15) is 41.8 Å². The van der Waals surface area contributed by atoms with Crippen molar-refractivity contribution in [1.29, 1.82) is 0 Å². The fourth-order valence-corrected chi connectivity index (χ4v) is 3.49. The number of carbonyl (C=O) groups is 3. The highest BCUT2D eigenvalue weighted by atomic mass is 127. The molecule has 0 saturated carbocycles. The summed E-state index contributed by atoms with van der Waals surface area (Å²) in [5.74, 6) is -1.79. The molecule has 2 aromatic carbocycles. The summed E-state index contributed by atoms with van der Waals surface area (Å²) in [6.07, 6.45) is 0.421. The number of hydrogen-bond acceptors (Lipinski definition) is 6. The number of phenolic OH excluding ortho intramolecular Hbond substituents is 1. The van der Waals surface area contributed by atoms with Gasteiger partial charge in [-0.15, -0.1) is 0 Å². The molecular formula is C23H24INO7. The Morgan fingerprint density at radius 3 is 2.53 bits per heavy atom. The molecule has 0 fully saturated rings. The van der Waals surface area contributed by atoms with E-state index >= 15 is 0 Å². The summed E-state index contributed by atoms with van der Waals surface area (Å²) in [6.45, 7) is 2.06. The van der Waals surface area contributed by atoms with Crippen LogP contribution >= 0.6 is 22.6 Å². The third-order valence-corrected chi connectivity index (χ3v) is 5.05. The Morgan fingerprint density at radius 2 is 1.88 bits per heavy atom. The predicted octanol–water partition coefficient (Wildman–Crippen LogP) is 4.43. The lowest BCUT2D eigenvalue weighted by Gasteiger charge is -2.27. The summed E-state index contributed by atoms with van der Waals surface area (Å²) >= 11 is 2.06. The van der Waals surface area contributed by atoms with Crippen LogP contribution in [0.15, 0.2) is 60.7 Å². The van der Waals surface area contributed by atoms with Crippen molar-refractivity contribution in [1.82, 2.24) is 5.32 Å². The number of carbonyl (C=O) groups excluding carboxylic acids is 2. The highest BCUT2D eigenvalue weighted by Gasteiger charge is 2.30. The van der Waals surface area contributed by atoms with Gasteiger partial charge in [0.2, 0.25) is 0 Å². The molecule has 0 aliphatic carbocycles. The quantitative estimate of drug-likeness (QED) is 0.294. The number of nitrogens with one attached hydrogen (secondary N) is 1. The number of ether oxygens (including phenoxy) is 2. The maximum atomic E-state index is 12.5. The molecule has 8 nitrogen and oxygen atoms in total. The topological polar surface area (TPSA) is 122 Å². The summed E-state index contributed by atoms with van der Waals surface area (Å²) in [5.41, 5.74) is 0.609. The second-order valence-corrected chi connectivity index (χ2v) is 7.91. The molecule has 3 N–H and O–H groups in total. The normalized spacial score (nSPS) is 12.8. The first kappa shape index (κ1) is 25.3. The third-order valence-electron chi connectivity index (χ3n) is 4.38. The molecule has 9 heteroatoms. The molecule has 2 amide bonds. The molecule has 32 heavy (non-hydrogen) atoms. The zero-order valence-corrected chi connectivity index (χ0v) is 19.5. The van der Waals surface area contributed by atoms with Crippen molar-refractivity contribution in [3.05, 3.63) is 75.4 Å². The standard InChI is InChI=1S/C23H24INO7/c1-2-31-19(10-6-7-11-20(27)28)21(17-14-16(24)12-13-18(17)26)32-23(30)25-22(29)15-8-4-3-5-9-15/h3-5,7-9,11-14,19,21,26H,2,6,10H2,1H3,(H,27,28)(H,25,29,30)/b11-7+/t19-,21-/m1/s1. The molecule has 2 rings (SSSR count). The van der Waals surface area contributed by atoms with Crippen molar-refractivity contribution in [3.63, 3.8) is 0 Å². The van der Waals surface area contributed by atoms with Gasteiger partial charge in [0.25, 0.3) is 5.91 Å². The van der Waals surface area contributed by atoms with E-state index < -0.39 is 30.2 Å². The number of amides is 2. The lowest BCUT2D eigenvalue weighted by Crippen LogP contribution is -2.35. The molecule has 0 heterocycles. The van der Waals surface area contributed by atoms with Crippen molar-refractivity contribution in [2.75, 3.05) is 6.61 Å². The van der Waals surface area contributed by atoms with Gasteiger partial charge in [0.1, 0.15) is 5.75 Å². The molecule has 0 unspecified atom stereocenters. The van der Waals surface area contributed by atoms with Gasteiger partial charge in [-0.3, -0.25) is 10.1 Å². The first-order valence-electron chi connectivity index (χ1n) is 9.88. The number of halogens is 1. The van der Waals surface area contributed by atoms with Gasteiger partial charge in [0.15, 0.2) is 6.10 Å². The van der Waals surface area contributed by atoms with Crippen molar-refractivity contribution in [3.8, 4) is 5.75 Å². The van der Waals surface area contributed by atoms with E-state index in [9.17, 15) is 19.5 Å². The fourth-order valence-electron chi connectivity index (χ4n) is 2.97. The van der Waals surface area contributed by atoms with E-state index in [-0.39, 0.29) is 5.75 Å². The van der Waals surface area contributed by atoms with Crippen molar-refractivity contribution in [2.24, 2.45) is 0 Å². The number of hydrogen-bond donors (Lipinski definition) is 3. The van der Waals surface area contributed by atoms with Crippen LogP contribution in [0.4, 0.5) is 4.79 Å². The summed E-state index contributed by atoms with van der Waals surface area (Å²) < 4.78 is 12.1. The molecule has 2 aromatic rings. The maximum absolute atomic E-state index is 12.5. The number of alkyl carbamates (subject to hydrolysis) is 1. The van der Waals surface area contributed by atoms with Crippen LogP contribution in [-0.4, -0.2) is 40.9 Å². The summed E-state index contributed by atoms with van der Waals surface area (Å²) in [6, 6.07) is 13.0. The number of carboxylic acids is 1. The van der Waals surface area contributed by atoms with E-state index in [1.807, 2.05) is 0 Å². The fraction of sp³-hybridized carbons (Fsp3) is 0.261. The van der Waals surface area contributed by atoms with Crippen LogP contribution in [0.3, 0.4) is 0 Å². The van der Waals surface area contributed by atoms with Crippen molar-refractivity contribution in [2.45, 2.75) is 32.0 Å². The number of rotatable bonds is 10. The number of carboxylic acid groups (broad SMARTS) is 1. The smallest absolute Gasteiger partial charge is 0.414 e. The Balaban J connectivity index is 2.26. The minimum atomic E-state index is -1.07. The highest BCUT2D eigenvalue weighted by Crippen LogP contribution is 2.34. The van der Waals surface area contributed by atoms with Gasteiger partial charge in [-0.25, -0.2) is 9.59 Å². The van der Waals surface area contributed by atoms with Crippen LogP contribution in [0, 0.1) is 3.57 Å². The Bertz CT molecular complexity index is 962. The Hall–Kier alpha value is -2.92. The van der Waals surface area contributed by atoms with Crippen LogP contribution in [-0.2, 0) is 14.3 Å².